The zero-order chi connectivity index (χ0) is 14.9. The lowest BCUT2D eigenvalue weighted by Crippen LogP contribution is -2.30. The highest BCUT2D eigenvalue weighted by Crippen LogP contribution is 2.29. The summed E-state index contributed by atoms with van der Waals surface area (Å²) < 4.78 is 39.4. The third-order valence-electron chi connectivity index (χ3n) is 2.51. The standard InChI is InChI=1S/C12H7BrF3NO2S/c13-7-4-5-20-11(7)8(18)6-17-9(12(14,15)16)2-1-3-10(17)19/h1-5H,6H2. The van der Waals surface area contributed by atoms with Gasteiger partial charge in [0.05, 0.1) is 11.4 Å². The Bertz CT molecular complexity index is 705. The average Bonchev–Trinajstić information content (AvgIpc) is 2.76. The van der Waals surface area contributed by atoms with Crippen LogP contribution in [0.2, 0.25) is 0 Å². The van der Waals surface area contributed by atoms with Crippen molar-refractivity contribution in [3.05, 3.63) is 55.0 Å². The van der Waals surface area contributed by atoms with E-state index in [1.807, 2.05) is 0 Å². The van der Waals surface area contributed by atoms with Crippen LogP contribution in [0.4, 0.5) is 13.2 Å². The molecule has 0 bridgehead atoms. The van der Waals surface area contributed by atoms with Gasteiger partial charge < -0.3 is 0 Å². The fraction of sp³-hybridized carbons (Fsp3) is 0.167. The summed E-state index contributed by atoms with van der Waals surface area (Å²) in [6.45, 7) is -0.645. The van der Waals surface area contributed by atoms with Crippen molar-refractivity contribution in [2.45, 2.75) is 12.7 Å². The van der Waals surface area contributed by atoms with Gasteiger partial charge in [-0.05, 0) is 33.4 Å². The number of hydrogen-bond donors (Lipinski definition) is 0. The van der Waals surface area contributed by atoms with Gasteiger partial charge in [0.15, 0.2) is 5.78 Å². The Hall–Kier alpha value is -1.41. The van der Waals surface area contributed by atoms with Crippen LogP contribution in [0.25, 0.3) is 0 Å². The topological polar surface area (TPSA) is 39.1 Å². The SMILES string of the molecule is O=C(Cn1c(C(F)(F)F)cccc1=O)c1sccc1Br. The van der Waals surface area contributed by atoms with Crippen molar-refractivity contribution in [2.24, 2.45) is 0 Å². The minimum absolute atomic E-state index is 0.286. The van der Waals surface area contributed by atoms with Crippen molar-refractivity contribution >= 4 is 33.0 Å². The Morgan fingerprint density at radius 2 is 2.00 bits per heavy atom. The summed E-state index contributed by atoms with van der Waals surface area (Å²) in [5.74, 6) is -0.550. The number of carbonyl (C=O) groups is 1. The largest absolute Gasteiger partial charge is 0.431 e. The number of halogens is 4. The number of alkyl halides is 3. The molecule has 0 aromatic carbocycles. The van der Waals surface area contributed by atoms with Crippen LogP contribution in [0.5, 0.6) is 0 Å². The summed E-state index contributed by atoms with van der Waals surface area (Å²) in [4.78, 5) is 23.8. The van der Waals surface area contributed by atoms with E-state index in [-0.39, 0.29) is 4.88 Å². The number of pyridine rings is 1. The zero-order valence-electron chi connectivity index (χ0n) is 9.78. The lowest BCUT2D eigenvalue weighted by molar-refractivity contribution is -0.144. The molecule has 0 aliphatic carbocycles. The van der Waals surface area contributed by atoms with Gasteiger partial charge >= 0.3 is 6.18 Å². The Morgan fingerprint density at radius 1 is 1.30 bits per heavy atom. The molecule has 3 nitrogen and oxygen atoms in total. The van der Waals surface area contributed by atoms with E-state index < -0.39 is 29.8 Å². The molecule has 2 aromatic heterocycles. The number of hydrogen-bond acceptors (Lipinski definition) is 3. The van der Waals surface area contributed by atoms with E-state index in [1.165, 1.54) is 0 Å². The Balaban J connectivity index is 2.42. The second-order valence-corrected chi connectivity index (χ2v) is 5.62. The fourth-order valence-corrected chi connectivity index (χ4v) is 3.16. The van der Waals surface area contributed by atoms with E-state index in [1.54, 1.807) is 11.4 Å². The van der Waals surface area contributed by atoms with Crippen LogP contribution in [0, 0.1) is 0 Å². The smallest absolute Gasteiger partial charge is 0.296 e. The molecule has 0 atom stereocenters. The molecule has 20 heavy (non-hydrogen) atoms. The van der Waals surface area contributed by atoms with Gasteiger partial charge in [0.1, 0.15) is 5.69 Å². The van der Waals surface area contributed by atoms with Crippen molar-refractivity contribution in [1.82, 2.24) is 4.57 Å². The van der Waals surface area contributed by atoms with Crippen LogP contribution in [0.1, 0.15) is 15.4 Å². The zero-order valence-corrected chi connectivity index (χ0v) is 12.2. The van der Waals surface area contributed by atoms with Crippen LogP contribution in [0.15, 0.2) is 38.9 Å². The molecule has 106 valence electrons. The monoisotopic (exact) mass is 365 g/mol. The molecule has 0 aliphatic rings. The molecule has 0 N–H and O–H groups in total. The van der Waals surface area contributed by atoms with Gasteiger partial charge in [0, 0.05) is 10.5 Å². The van der Waals surface area contributed by atoms with Gasteiger partial charge in [-0.25, -0.2) is 0 Å². The first-order valence-electron chi connectivity index (χ1n) is 5.34. The van der Waals surface area contributed by atoms with Crippen LogP contribution in [0.3, 0.4) is 0 Å². The van der Waals surface area contributed by atoms with Crippen LogP contribution in [-0.4, -0.2) is 10.4 Å². The van der Waals surface area contributed by atoms with Gasteiger partial charge in [-0.2, -0.15) is 13.2 Å². The fourth-order valence-electron chi connectivity index (χ4n) is 1.64. The number of carbonyl (C=O) groups excluding carboxylic acids is 1. The molecule has 0 saturated carbocycles. The normalized spacial score (nSPS) is 11.6. The molecule has 0 amide bonds. The maximum absolute atomic E-state index is 12.8. The summed E-state index contributed by atoms with van der Waals surface area (Å²) in [6.07, 6.45) is -4.69. The summed E-state index contributed by atoms with van der Waals surface area (Å²) in [6, 6.07) is 4.41. The molecule has 0 saturated heterocycles. The predicted molar refractivity (Wildman–Crippen MR) is 72.1 cm³/mol. The molecule has 8 heteroatoms. The number of rotatable bonds is 3. The minimum Gasteiger partial charge on any atom is -0.296 e. The molecule has 2 aromatic rings. The first-order chi connectivity index (χ1) is 9.30. The van der Waals surface area contributed by atoms with Crippen molar-refractivity contribution in [3.63, 3.8) is 0 Å². The lowest BCUT2D eigenvalue weighted by Gasteiger charge is -2.14. The maximum atomic E-state index is 12.8. The highest BCUT2D eigenvalue weighted by Gasteiger charge is 2.34. The quantitative estimate of drug-likeness (QED) is 0.780. The van der Waals surface area contributed by atoms with E-state index in [9.17, 15) is 22.8 Å². The minimum atomic E-state index is -4.69. The van der Waals surface area contributed by atoms with Crippen LogP contribution >= 0.6 is 27.3 Å². The highest BCUT2D eigenvalue weighted by molar-refractivity contribution is 9.10. The van der Waals surface area contributed by atoms with Gasteiger partial charge in [-0.3, -0.25) is 14.2 Å². The third kappa shape index (κ3) is 3.01. The Kier molecular flexibility index (Phi) is 4.14. The van der Waals surface area contributed by atoms with Crippen molar-refractivity contribution < 1.29 is 18.0 Å². The highest BCUT2D eigenvalue weighted by atomic mass is 79.9. The Labute approximate surface area is 123 Å². The second kappa shape index (κ2) is 5.53. The molecular weight excluding hydrogens is 359 g/mol. The first-order valence-corrected chi connectivity index (χ1v) is 7.01. The molecule has 0 fully saturated rings. The number of ketones is 1. The number of aromatic nitrogens is 1. The first kappa shape index (κ1) is 15.0. The van der Waals surface area contributed by atoms with Crippen LogP contribution < -0.4 is 5.56 Å². The Morgan fingerprint density at radius 3 is 2.55 bits per heavy atom. The van der Waals surface area contributed by atoms with Gasteiger partial charge in [0.25, 0.3) is 5.56 Å². The lowest BCUT2D eigenvalue weighted by atomic mass is 10.2. The van der Waals surface area contributed by atoms with E-state index in [0.29, 0.717) is 9.04 Å². The summed E-state index contributed by atoms with van der Waals surface area (Å²) >= 11 is 4.24. The summed E-state index contributed by atoms with van der Waals surface area (Å²) in [5.41, 5.74) is -1.99. The summed E-state index contributed by atoms with van der Waals surface area (Å²) in [7, 11) is 0. The molecule has 0 spiro atoms. The molecular formula is C12H7BrF3NO2S. The summed E-state index contributed by atoms with van der Waals surface area (Å²) in [5, 5.41) is 1.63. The third-order valence-corrected chi connectivity index (χ3v) is 4.39. The maximum Gasteiger partial charge on any atom is 0.431 e. The number of Topliss-reactive ketones (excluding diaryl/α,β-unsaturated/α-hetero) is 1. The van der Waals surface area contributed by atoms with Gasteiger partial charge in [-0.15, -0.1) is 11.3 Å². The molecule has 0 aliphatic heterocycles. The predicted octanol–water partition coefficient (Wildman–Crippen LogP) is 3.57. The molecule has 2 heterocycles. The van der Waals surface area contributed by atoms with Gasteiger partial charge in [-0.1, -0.05) is 6.07 Å². The number of thiophene rings is 1. The average molecular weight is 366 g/mol. The van der Waals surface area contributed by atoms with Crippen molar-refractivity contribution in [1.29, 1.82) is 0 Å². The van der Waals surface area contributed by atoms with E-state index in [2.05, 4.69) is 15.9 Å². The van der Waals surface area contributed by atoms with E-state index in [4.69, 9.17) is 0 Å². The second-order valence-electron chi connectivity index (χ2n) is 3.85. The molecule has 0 unspecified atom stereocenters. The van der Waals surface area contributed by atoms with E-state index in [0.717, 1.165) is 29.5 Å². The van der Waals surface area contributed by atoms with E-state index >= 15 is 0 Å². The van der Waals surface area contributed by atoms with Crippen molar-refractivity contribution in [2.75, 3.05) is 0 Å². The molecule has 2 rings (SSSR count). The van der Waals surface area contributed by atoms with Gasteiger partial charge in [0.2, 0.25) is 0 Å². The number of nitrogens with zero attached hydrogens (tertiary/aromatic N) is 1. The van der Waals surface area contributed by atoms with Crippen LogP contribution in [-0.2, 0) is 12.7 Å². The van der Waals surface area contributed by atoms with Crippen molar-refractivity contribution in [3.8, 4) is 0 Å². The molecule has 0 radical (unpaired) electrons.